The first-order valence-electron chi connectivity index (χ1n) is 8.11. The SMILES string of the molecule is CNC(=O)CCSc1cccc2c1CN(C1CCC(=O)NC1=O)C2=O. The highest BCUT2D eigenvalue weighted by atomic mass is 32.2. The molecule has 0 aliphatic carbocycles. The van der Waals surface area contributed by atoms with Gasteiger partial charge < -0.3 is 10.2 Å². The van der Waals surface area contributed by atoms with Crippen LogP contribution in [0.3, 0.4) is 0 Å². The highest BCUT2D eigenvalue weighted by Gasteiger charge is 2.39. The molecular weight excluding hydrogens is 342 g/mol. The van der Waals surface area contributed by atoms with E-state index in [1.54, 1.807) is 13.1 Å². The first kappa shape index (κ1) is 17.5. The van der Waals surface area contributed by atoms with E-state index in [1.165, 1.54) is 16.7 Å². The molecule has 3 rings (SSSR count). The Hall–Kier alpha value is -2.35. The van der Waals surface area contributed by atoms with Crippen molar-refractivity contribution in [2.75, 3.05) is 12.8 Å². The van der Waals surface area contributed by atoms with Crippen LogP contribution in [0.25, 0.3) is 0 Å². The lowest BCUT2D eigenvalue weighted by atomic mass is 10.0. The molecule has 0 aromatic heterocycles. The molecule has 2 heterocycles. The molecule has 25 heavy (non-hydrogen) atoms. The van der Waals surface area contributed by atoms with E-state index in [0.717, 1.165) is 10.5 Å². The molecule has 1 atom stereocenters. The first-order valence-corrected chi connectivity index (χ1v) is 9.09. The maximum Gasteiger partial charge on any atom is 0.255 e. The quantitative estimate of drug-likeness (QED) is 0.594. The predicted molar refractivity (Wildman–Crippen MR) is 91.9 cm³/mol. The summed E-state index contributed by atoms with van der Waals surface area (Å²) in [4.78, 5) is 49.9. The van der Waals surface area contributed by atoms with Crippen LogP contribution >= 0.6 is 11.8 Å². The molecule has 7 nitrogen and oxygen atoms in total. The molecule has 2 aliphatic rings. The largest absolute Gasteiger partial charge is 0.359 e. The van der Waals surface area contributed by atoms with Crippen LogP contribution in [0.1, 0.15) is 35.2 Å². The topological polar surface area (TPSA) is 95.6 Å². The van der Waals surface area contributed by atoms with Crippen molar-refractivity contribution in [3.8, 4) is 0 Å². The lowest BCUT2D eigenvalue weighted by molar-refractivity contribution is -0.137. The van der Waals surface area contributed by atoms with Gasteiger partial charge in [0, 0.05) is 42.6 Å². The second kappa shape index (κ2) is 7.26. The average Bonchev–Trinajstić information content (AvgIpc) is 2.92. The summed E-state index contributed by atoms with van der Waals surface area (Å²) in [5.74, 6) is -0.301. The molecule has 2 aliphatic heterocycles. The molecule has 0 spiro atoms. The summed E-state index contributed by atoms with van der Waals surface area (Å²) in [5.41, 5.74) is 1.48. The Bertz CT molecular complexity index is 749. The normalized spacial score (nSPS) is 19.6. The number of nitrogens with zero attached hydrogens (tertiary/aromatic N) is 1. The summed E-state index contributed by atoms with van der Waals surface area (Å²) in [7, 11) is 1.60. The number of hydrogen-bond acceptors (Lipinski definition) is 5. The number of piperidine rings is 1. The highest BCUT2D eigenvalue weighted by Crippen LogP contribution is 2.34. The number of nitrogens with one attached hydrogen (secondary N) is 2. The van der Waals surface area contributed by atoms with Crippen molar-refractivity contribution in [3.63, 3.8) is 0 Å². The van der Waals surface area contributed by atoms with Gasteiger partial charge in [0.1, 0.15) is 6.04 Å². The van der Waals surface area contributed by atoms with Gasteiger partial charge in [0.2, 0.25) is 17.7 Å². The summed E-state index contributed by atoms with van der Waals surface area (Å²) >= 11 is 1.53. The number of amides is 4. The first-order chi connectivity index (χ1) is 12.0. The van der Waals surface area contributed by atoms with Gasteiger partial charge in [-0.05, 0) is 24.1 Å². The fourth-order valence-electron chi connectivity index (χ4n) is 3.07. The van der Waals surface area contributed by atoms with Crippen LogP contribution in [0.2, 0.25) is 0 Å². The molecule has 1 unspecified atom stereocenters. The van der Waals surface area contributed by atoms with Crippen molar-refractivity contribution in [2.24, 2.45) is 0 Å². The Morgan fingerprint density at radius 3 is 2.88 bits per heavy atom. The molecule has 0 saturated carbocycles. The van der Waals surface area contributed by atoms with Gasteiger partial charge in [0.25, 0.3) is 5.91 Å². The van der Waals surface area contributed by atoms with Crippen LogP contribution in [0.5, 0.6) is 0 Å². The van der Waals surface area contributed by atoms with E-state index in [-0.39, 0.29) is 24.1 Å². The third-order valence-corrected chi connectivity index (χ3v) is 5.51. The van der Waals surface area contributed by atoms with Gasteiger partial charge in [0.05, 0.1) is 0 Å². The number of carbonyl (C=O) groups is 4. The van der Waals surface area contributed by atoms with Crippen molar-refractivity contribution < 1.29 is 19.2 Å². The fraction of sp³-hybridized carbons (Fsp3) is 0.412. The van der Waals surface area contributed by atoms with Gasteiger partial charge in [-0.25, -0.2) is 0 Å². The number of carbonyl (C=O) groups excluding carboxylic acids is 4. The standard InChI is InChI=1S/C17H19N3O4S/c1-18-14(21)7-8-25-13-4-2-3-10-11(13)9-20(17(10)24)12-5-6-15(22)19-16(12)23/h2-4,12H,5-9H2,1H3,(H,18,21)(H,19,22,23). The Morgan fingerprint density at radius 1 is 1.36 bits per heavy atom. The van der Waals surface area contributed by atoms with E-state index in [9.17, 15) is 19.2 Å². The number of fused-ring (bicyclic) bond motifs is 1. The zero-order valence-electron chi connectivity index (χ0n) is 13.8. The molecule has 132 valence electrons. The third kappa shape index (κ3) is 3.53. The summed E-state index contributed by atoms with van der Waals surface area (Å²) in [6, 6.07) is 4.88. The van der Waals surface area contributed by atoms with Crippen LogP contribution in [-0.4, -0.2) is 47.4 Å². The molecule has 1 aromatic carbocycles. The second-order valence-electron chi connectivity index (χ2n) is 5.95. The summed E-state index contributed by atoms with van der Waals surface area (Å²) < 4.78 is 0. The molecule has 4 amide bonds. The fourth-order valence-corrected chi connectivity index (χ4v) is 4.10. The Kier molecular flexibility index (Phi) is 5.08. The van der Waals surface area contributed by atoms with Crippen LogP contribution in [0.15, 0.2) is 23.1 Å². The predicted octanol–water partition coefficient (Wildman–Crippen LogP) is 0.676. The molecule has 8 heteroatoms. The van der Waals surface area contributed by atoms with E-state index in [0.29, 0.717) is 30.7 Å². The summed E-state index contributed by atoms with van der Waals surface area (Å²) in [6.45, 7) is 0.351. The molecule has 0 radical (unpaired) electrons. The minimum absolute atomic E-state index is 0.0266. The van der Waals surface area contributed by atoms with Crippen LogP contribution in [-0.2, 0) is 20.9 Å². The molecule has 0 bridgehead atoms. The lowest BCUT2D eigenvalue weighted by Gasteiger charge is -2.29. The zero-order chi connectivity index (χ0) is 18.0. The van der Waals surface area contributed by atoms with Gasteiger partial charge >= 0.3 is 0 Å². The van der Waals surface area contributed by atoms with Gasteiger partial charge in [-0.2, -0.15) is 0 Å². The summed E-state index contributed by atoms with van der Waals surface area (Å²) in [5, 5.41) is 4.88. The lowest BCUT2D eigenvalue weighted by Crippen LogP contribution is -2.52. The Balaban J connectivity index is 1.74. The van der Waals surface area contributed by atoms with Crippen LogP contribution in [0, 0.1) is 0 Å². The Labute approximate surface area is 149 Å². The van der Waals surface area contributed by atoms with Gasteiger partial charge in [-0.15, -0.1) is 11.8 Å². The molecule has 1 aromatic rings. The third-order valence-electron chi connectivity index (χ3n) is 4.40. The van der Waals surface area contributed by atoms with E-state index in [2.05, 4.69) is 10.6 Å². The van der Waals surface area contributed by atoms with Gasteiger partial charge in [-0.1, -0.05) is 6.07 Å². The second-order valence-corrected chi connectivity index (χ2v) is 7.09. The van der Waals surface area contributed by atoms with Crippen LogP contribution < -0.4 is 10.6 Å². The molecule has 1 saturated heterocycles. The number of imide groups is 1. The van der Waals surface area contributed by atoms with Crippen molar-refractivity contribution in [1.82, 2.24) is 15.5 Å². The van der Waals surface area contributed by atoms with E-state index in [1.807, 2.05) is 12.1 Å². The monoisotopic (exact) mass is 361 g/mol. The van der Waals surface area contributed by atoms with Crippen molar-refractivity contribution in [2.45, 2.75) is 36.7 Å². The highest BCUT2D eigenvalue weighted by molar-refractivity contribution is 7.99. The zero-order valence-corrected chi connectivity index (χ0v) is 14.6. The number of benzene rings is 1. The molecular formula is C17H19N3O4S. The van der Waals surface area contributed by atoms with Crippen molar-refractivity contribution in [3.05, 3.63) is 29.3 Å². The van der Waals surface area contributed by atoms with E-state index in [4.69, 9.17) is 0 Å². The van der Waals surface area contributed by atoms with Gasteiger partial charge in [-0.3, -0.25) is 24.5 Å². The van der Waals surface area contributed by atoms with Crippen LogP contribution in [0.4, 0.5) is 0 Å². The minimum Gasteiger partial charge on any atom is -0.359 e. The minimum atomic E-state index is -0.610. The average molecular weight is 361 g/mol. The number of thioether (sulfide) groups is 1. The molecule has 1 fully saturated rings. The van der Waals surface area contributed by atoms with Crippen molar-refractivity contribution in [1.29, 1.82) is 0 Å². The number of rotatable bonds is 5. The van der Waals surface area contributed by atoms with E-state index < -0.39 is 11.9 Å². The summed E-state index contributed by atoms with van der Waals surface area (Å²) in [6.07, 6.45) is 0.990. The Morgan fingerprint density at radius 2 is 2.16 bits per heavy atom. The van der Waals surface area contributed by atoms with Gasteiger partial charge in [0.15, 0.2) is 0 Å². The smallest absolute Gasteiger partial charge is 0.255 e. The van der Waals surface area contributed by atoms with Crippen molar-refractivity contribution >= 4 is 35.4 Å². The maximum atomic E-state index is 12.7. The number of hydrogen-bond donors (Lipinski definition) is 2. The molecule has 2 N–H and O–H groups in total. The van der Waals surface area contributed by atoms with E-state index >= 15 is 0 Å². The maximum absolute atomic E-state index is 12.7.